The van der Waals surface area contributed by atoms with Crippen molar-refractivity contribution < 1.29 is 0 Å². The van der Waals surface area contributed by atoms with Crippen LogP contribution in [0.25, 0.3) is 0 Å². The van der Waals surface area contributed by atoms with Crippen molar-refractivity contribution in [2.75, 3.05) is 0 Å². The van der Waals surface area contributed by atoms with Crippen LogP contribution < -0.4 is 0 Å². The van der Waals surface area contributed by atoms with Crippen molar-refractivity contribution in [1.82, 2.24) is 0 Å². The molecule has 0 aliphatic rings. The number of rotatable bonds is 2. The first-order valence-electron chi connectivity index (χ1n) is 1.91. The van der Waals surface area contributed by atoms with Crippen molar-refractivity contribution in [3.8, 4) is 0 Å². The molecule has 0 spiro atoms. The zero-order valence-electron chi connectivity index (χ0n) is 4.13. The highest BCUT2D eigenvalue weighted by molar-refractivity contribution is 5.54. The third-order valence-electron chi connectivity index (χ3n) is 0.376. The maximum atomic E-state index is 6.25. The predicted octanol–water partition coefficient (Wildman–Crippen LogP) is 1.58. The van der Waals surface area contributed by atoms with E-state index in [2.05, 4.69) is 10.1 Å². The lowest BCUT2D eigenvalue weighted by molar-refractivity contribution is 1.14. The summed E-state index contributed by atoms with van der Waals surface area (Å²) < 4.78 is 0. The van der Waals surface area contributed by atoms with Gasteiger partial charge in [0.05, 0.1) is 6.20 Å². The second kappa shape index (κ2) is 5.01. The van der Waals surface area contributed by atoms with Crippen LogP contribution in [0.2, 0.25) is 0 Å². The molecule has 3 heteroatoms. The first kappa shape index (κ1) is 6.01. The van der Waals surface area contributed by atoms with Crippen LogP contribution in [0.3, 0.4) is 0 Å². The van der Waals surface area contributed by atoms with Crippen LogP contribution in [0.1, 0.15) is 6.92 Å². The van der Waals surface area contributed by atoms with Crippen LogP contribution >= 0.6 is 0 Å². The summed E-state index contributed by atoms with van der Waals surface area (Å²) in [4.78, 5) is 3.64. The SMILES string of the molecule is CC=N/C=C\N=N. The van der Waals surface area contributed by atoms with E-state index in [4.69, 9.17) is 5.53 Å². The molecule has 38 valence electrons. The number of aliphatic imine (C=N–C) groups is 1. The Hall–Kier alpha value is -0.990. The quantitative estimate of drug-likeness (QED) is 0.401. The topological polar surface area (TPSA) is 48.6 Å². The number of nitrogens with one attached hydrogen (secondary N) is 1. The average molecular weight is 97.1 g/mol. The Labute approximate surface area is 42.3 Å². The van der Waals surface area contributed by atoms with Crippen molar-refractivity contribution in [3.05, 3.63) is 12.4 Å². The molecule has 0 unspecified atom stereocenters. The summed E-state index contributed by atoms with van der Waals surface area (Å²) in [6.45, 7) is 1.80. The Morgan fingerprint density at radius 3 is 2.57 bits per heavy atom. The van der Waals surface area contributed by atoms with E-state index < -0.39 is 0 Å². The highest BCUT2D eigenvalue weighted by atomic mass is 14.9. The molecule has 0 bridgehead atoms. The molecular weight excluding hydrogens is 90.1 g/mol. The van der Waals surface area contributed by atoms with Gasteiger partial charge in [0.1, 0.15) is 0 Å². The first-order valence-corrected chi connectivity index (χ1v) is 1.91. The van der Waals surface area contributed by atoms with Gasteiger partial charge in [0.25, 0.3) is 0 Å². The highest BCUT2D eigenvalue weighted by Crippen LogP contribution is 1.71. The van der Waals surface area contributed by atoms with Crippen molar-refractivity contribution >= 4 is 6.21 Å². The minimum atomic E-state index is 1.31. The summed E-state index contributed by atoms with van der Waals surface area (Å²) in [6, 6.07) is 0. The third kappa shape index (κ3) is 5.01. The smallest absolute Gasteiger partial charge is 0.0671 e. The highest BCUT2D eigenvalue weighted by Gasteiger charge is 1.53. The zero-order chi connectivity index (χ0) is 5.54. The third-order valence-corrected chi connectivity index (χ3v) is 0.376. The van der Waals surface area contributed by atoms with Crippen LogP contribution in [0.5, 0.6) is 0 Å². The Morgan fingerprint density at radius 2 is 2.14 bits per heavy atom. The van der Waals surface area contributed by atoms with Crippen molar-refractivity contribution in [1.29, 1.82) is 5.53 Å². The molecule has 7 heavy (non-hydrogen) atoms. The fourth-order valence-electron chi connectivity index (χ4n) is 0.158. The van der Waals surface area contributed by atoms with Gasteiger partial charge in [-0.25, -0.2) is 5.53 Å². The zero-order valence-corrected chi connectivity index (χ0v) is 4.13. The number of nitrogens with zero attached hydrogens (tertiary/aromatic N) is 2. The molecule has 0 radical (unpaired) electrons. The Bertz CT molecular complexity index is 93.1. The van der Waals surface area contributed by atoms with Gasteiger partial charge in [-0.15, -0.1) is 0 Å². The molecule has 0 saturated heterocycles. The minimum Gasteiger partial charge on any atom is -0.268 e. The Morgan fingerprint density at radius 1 is 1.43 bits per heavy atom. The Kier molecular flexibility index (Phi) is 4.30. The van der Waals surface area contributed by atoms with E-state index in [1.165, 1.54) is 12.4 Å². The molecule has 0 saturated carbocycles. The molecule has 0 heterocycles. The van der Waals surface area contributed by atoms with Crippen LogP contribution in [0.15, 0.2) is 22.5 Å². The molecule has 0 rings (SSSR count). The fourth-order valence-corrected chi connectivity index (χ4v) is 0.158. The van der Waals surface area contributed by atoms with Crippen LogP contribution in [0.4, 0.5) is 0 Å². The largest absolute Gasteiger partial charge is 0.268 e. The summed E-state index contributed by atoms with van der Waals surface area (Å²) in [6.07, 6.45) is 4.38. The van der Waals surface area contributed by atoms with Gasteiger partial charge in [-0.1, -0.05) is 0 Å². The van der Waals surface area contributed by atoms with Gasteiger partial charge in [0.15, 0.2) is 0 Å². The van der Waals surface area contributed by atoms with Gasteiger partial charge in [-0.05, 0) is 6.92 Å². The minimum absolute atomic E-state index is 1.31. The van der Waals surface area contributed by atoms with Crippen LogP contribution in [-0.2, 0) is 0 Å². The molecule has 0 amide bonds. The second-order valence-corrected chi connectivity index (χ2v) is 0.835. The van der Waals surface area contributed by atoms with Crippen molar-refractivity contribution in [2.45, 2.75) is 6.92 Å². The number of hydrogen-bond acceptors (Lipinski definition) is 3. The molecule has 0 aromatic heterocycles. The molecule has 1 N–H and O–H groups in total. The summed E-state index contributed by atoms with van der Waals surface area (Å²) >= 11 is 0. The molecule has 3 nitrogen and oxygen atoms in total. The van der Waals surface area contributed by atoms with Gasteiger partial charge < -0.3 is 0 Å². The van der Waals surface area contributed by atoms with Gasteiger partial charge >= 0.3 is 0 Å². The van der Waals surface area contributed by atoms with E-state index >= 15 is 0 Å². The van der Waals surface area contributed by atoms with Crippen molar-refractivity contribution in [2.24, 2.45) is 10.1 Å². The van der Waals surface area contributed by atoms with E-state index in [1.54, 1.807) is 13.1 Å². The number of hydrogen-bond donors (Lipinski definition) is 1. The summed E-state index contributed by atoms with van der Waals surface area (Å²) in [5.74, 6) is 0. The van der Waals surface area contributed by atoms with Crippen LogP contribution in [-0.4, -0.2) is 6.21 Å². The molecule has 0 atom stereocenters. The lowest BCUT2D eigenvalue weighted by Crippen LogP contribution is -1.51. The Balaban J connectivity index is 3.27. The van der Waals surface area contributed by atoms with Crippen LogP contribution in [0, 0.1) is 5.53 Å². The average Bonchev–Trinajstić information content (AvgIpc) is 1.69. The van der Waals surface area contributed by atoms with Gasteiger partial charge in [0.2, 0.25) is 0 Å². The molecule has 0 aromatic carbocycles. The predicted molar refractivity (Wildman–Crippen MR) is 28.5 cm³/mol. The van der Waals surface area contributed by atoms with Gasteiger partial charge in [0, 0.05) is 12.4 Å². The monoisotopic (exact) mass is 97.1 g/mol. The van der Waals surface area contributed by atoms with E-state index in [9.17, 15) is 0 Å². The fraction of sp³-hybridized carbons (Fsp3) is 0.250. The van der Waals surface area contributed by atoms with Gasteiger partial charge in [-0.2, -0.15) is 5.11 Å². The lowest BCUT2D eigenvalue weighted by atomic mass is 10.8. The molecular formula is C4H7N3. The first-order chi connectivity index (χ1) is 3.41. The van der Waals surface area contributed by atoms with Gasteiger partial charge in [-0.3, -0.25) is 4.99 Å². The van der Waals surface area contributed by atoms with E-state index in [1.807, 2.05) is 0 Å². The van der Waals surface area contributed by atoms with Crippen molar-refractivity contribution in [3.63, 3.8) is 0 Å². The molecule has 0 aliphatic heterocycles. The summed E-state index contributed by atoms with van der Waals surface area (Å²) in [5, 5.41) is 2.93. The standard InChI is InChI=1S/C4H7N3/c1-2-6-3-4-7-5/h2-5H,1H3/b4-3-,6-2?,7-5?. The normalized spacial score (nSPS) is 11.0. The second-order valence-electron chi connectivity index (χ2n) is 0.835. The molecule has 0 aliphatic carbocycles. The van der Waals surface area contributed by atoms with E-state index in [0.717, 1.165) is 0 Å². The molecule has 0 fully saturated rings. The maximum Gasteiger partial charge on any atom is 0.0671 e. The van der Waals surface area contributed by atoms with E-state index in [-0.39, 0.29) is 0 Å². The molecule has 0 aromatic rings. The maximum absolute atomic E-state index is 6.25. The summed E-state index contributed by atoms with van der Waals surface area (Å²) in [5.41, 5.74) is 6.25. The lowest BCUT2D eigenvalue weighted by Gasteiger charge is -1.65. The summed E-state index contributed by atoms with van der Waals surface area (Å²) in [7, 11) is 0. The van der Waals surface area contributed by atoms with E-state index in [0.29, 0.717) is 0 Å².